The molecule has 1 unspecified atom stereocenters. The molecule has 2 atom stereocenters. The number of unbranched alkanes of at least 4 members (excludes halogenated alkanes) is 1. The first-order valence-corrected chi connectivity index (χ1v) is 10.1. The lowest BCUT2D eigenvalue weighted by Crippen LogP contribution is -2.73. The Balaban J connectivity index is 2.34. The highest BCUT2D eigenvalue weighted by Crippen LogP contribution is 2.29. The molecule has 3 N–H and O–H groups in total. The van der Waals surface area contributed by atoms with Gasteiger partial charge in [-0.2, -0.15) is 12.6 Å². The maximum atomic E-state index is 13.4. The van der Waals surface area contributed by atoms with Crippen molar-refractivity contribution < 1.29 is 4.79 Å². The summed E-state index contributed by atoms with van der Waals surface area (Å²) in [6, 6.07) is 6.05. The molecular formula is C20H33N3OS. The second-order valence-corrected chi connectivity index (χ2v) is 7.62. The Morgan fingerprint density at radius 2 is 2.16 bits per heavy atom. The lowest BCUT2D eigenvalue weighted by atomic mass is 9.86. The topological polar surface area (TPSA) is 58.4 Å². The second-order valence-electron chi connectivity index (χ2n) is 7.17. The van der Waals surface area contributed by atoms with Gasteiger partial charge in [-0.25, -0.2) is 0 Å². The number of rotatable bonds is 7. The Bertz CT molecular complexity index is 592. The molecule has 1 saturated heterocycles. The highest BCUT2D eigenvalue weighted by molar-refractivity contribution is 7.80. The zero-order chi connectivity index (χ0) is 18.4. The van der Waals surface area contributed by atoms with Crippen LogP contribution in [-0.4, -0.2) is 41.4 Å². The van der Waals surface area contributed by atoms with Crippen molar-refractivity contribution in [2.45, 2.75) is 64.6 Å². The largest absolute Gasteiger partial charge is 0.318 e. The third kappa shape index (κ3) is 4.39. The van der Waals surface area contributed by atoms with Gasteiger partial charge in [0.05, 0.1) is 0 Å². The molecule has 1 aromatic rings. The van der Waals surface area contributed by atoms with Crippen molar-refractivity contribution in [2.75, 3.05) is 18.8 Å². The standard InChI is InChI=1S/C20H33N3OS/c1-4-5-11-20(21)18(10-7-14-25)22-12-13-23(20)19(24)17-9-6-8-15(2)16(17)3/h6,8-9,18,22,25H,4-5,7,10-14,21H2,1-3H3/t18?,20-/m0/s1. The van der Waals surface area contributed by atoms with E-state index in [-0.39, 0.29) is 11.9 Å². The van der Waals surface area contributed by atoms with E-state index in [9.17, 15) is 4.79 Å². The predicted octanol–water partition coefficient (Wildman–Crippen LogP) is 3.27. The number of carbonyl (C=O) groups is 1. The van der Waals surface area contributed by atoms with Crippen LogP contribution in [0.1, 0.15) is 60.5 Å². The fraction of sp³-hybridized carbons (Fsp3) is 0.650. The molecule has 0 radical (unpaired) electrons. The van der Waals surface area contributed by atoms with E-state index >= 15 is 0 Å². The predicted molar refractivity (Wildman–Crippen MR) is 108 cm³/mol. The van der Waals surface area contributed by atoms with Crippen LogP contribution in [-0.2, 0) is 0 Å². The lowest BCUT2D eigenvalue weighted by Gasteiger charge is -2.50. The van der Waals surface area contributed by atoms with Gasteiger partial charge in [0.15, 0.2) is 0 Å². The summed E-state index contributed by atoms with van der Waals surface area (Å²) < 4.78 is 0. The minimum Gasteiger partial charge on any atom is -0.318 e. The maximum absolute atomic E-state index is 13.4. The minimum absolute atomic E-state index is 0.0668. The normalized spacial score (nSPS) is 23.7. The summed E-state index contributed by atoms with van der Waals surface area (Å²) in [4.78, 5) is 15.3. The Morgan fingerprint density at radius 1 is 1.40 bits per heavy atom. The average molecular weight is 364 g/mol. The van der Waals surface area contributed by atoms with Crippen LogP contribution in [0.3, 0.4) is 0 Å². The summed E-state index contributed by atoms with van der Waals surface area (Å²) in [5.74, 6) is 0.907. The van der Waals surface area contributed by atoms with Gasteiger partial charge in [0, 0.05) is 24.7 Å². The van der Waals surface area contributed by atoms with Gasteiger partial charge in [-0.05, 0) is 62.5 Å². The molecule has 5 heteroatoms. The van der Waals surface area contributed by atoms with E-state index in [0.717, 1.165) is 61.1 Å². The van der Waals surface area contributed by atoms with Gasteiger partial charge in [-0.3, -0.25) is 4.79 Å². The highest BCUT2D eigenvalue weighted by atomic mass is 32.1. The van der Waals surface area contributed by atoms with Gasteiger partial charge in [-0.1, -0.05) is 25.5 Å². The molecular weight excluding hydrogens is 330 g/mol. The third-order valence-electron chi connectivity index (χ3n) is 5.49. The van der Waals surface area contributed by atoms with Gasteiger partial charge in [0.2, 0.25) is 0 Å². The molecule has 1 heterocycles. The number of hydrogen-bond donors (Lipinski definition) is 3. The van der Waals surface area contributed by atoms with Crippen LogP contribution in [0.15, 0.2) is 18.2 Å². The van der Waals surface area contributed by atoms with Gasteiger partial charge in [0.25, 0.3) is 5.91 Å². The van der Waals surface area contributed by atoms with Crippen LogP contribution in [0.4, 0.5) is 0 Å². The van der Waals surface area contributed by atoms with Gasteiger partial charge >= 0.3 is 0 Å². The summed E-state index contributed by atoms with van der Waals surface area (Å²) in [7, 11) is 0. The van der Waals surface area contributed by atoms with Crippen LogP contribution >= 0.6 is 12.6 Å². The molecule has 140 valence electrons. The molecule has 0 bridgehead atoms. The van der Waals surface area contributed by atoms with Gasteiger partial charge in [0.1, 0.15) is 5.66 Å². The quantitative estimate of drug-likeness (QED) is 0.652. The lowest BCUT2D eigenvalue weighted by molar-refractivity contribution is 0.0128. The van der Waals surface area contributed by atoms with Crippen LogP contribution in [0, 0.1) is 13.8 Å². The highest BCUT2D eigenvalue weighted by Gasteiger charge is 2.44. The number of aryl methyl sites for hydroxylation is 1. The van der Waals surface area contributed by atoms with Gasteiger partial charge < -0.3 is 16.0 Å². The molecule has 25 heavy (non-hydrogen) atoms. The fourth-order valence-electron chi connectivity index (χ4n) is 3.76. The van der Waals surface area contributed by atoms with E-state index in [1.165, 1.54) is 0 Å². The van der Waals surface area contributed by atoms with Crippen LogP contribution in [0.2, 0.25) is 0 Å². The maximum Gasteiger partial charge on any atom is 0.255 e. The molecule has 0 aromatic heterocycles. The van der Waals surface area contributed by atoms with E-state index in [1.54, 1.807) is 0 Å². The Kier molecular flexibility index (Phi) is 7.35. The van der Waals surface area contributed by atoms with Crippen molar-refractivity contribution in [1.82, 2.24) is 10.2 Å². The summed E-state index contributed by atoms with van der Waals surface area (Å²) in [6.07, 6.45) is 4.86. The average Bonchev–Trinajstić information content (AvgIpc) is 2.61. The fourth-order valence-corrected chi connectivity index (χ4v) is 3.94. The zero-order valence-electron chi connectivity index (χ0n) is 15.8. The number of carbonyl (C=O) groups excluding carboxylic acids is 1. The van der Waals surface area contributed by atoms with Crippen molar-refractivity contribution >= 4 is 18.5 Å². The van der Waals surface area contributed by atoms with E-state index < -0.39 is 5.66 Å². The minimum atomic E-state index is -0.634. The molecule has 1 aromatic carbocycles. The van der Waals surface area contributed by atoms with Crippen molar-refractivity contribution in [2.24, 2.45) is 5.73 Å². The smallest absolute Gasteiger partial charge is 0.255 e. The molecule has 1 aliphatic rings. The molecule has 1 fully saturated rings. The van der Waals surface area contributed by atoms with E-state index in [1.807, 2.05) is 36.9 Å². The molecule has 1 amide bonds. The van der Waals surface area contributed by atoms with E-state index in [0.29, 0.717) is 6.54 Å². The summed E-state index contributed by atoms with van der Waals surface area (Å²) in [5, 5.41) is 3.56. The number of nitrogens with one attached hydrogen (secondary N) is 1. The first-order chi connectivity index (χ1) is 12.0. The van der Waals surface area contributed by atoms with Crippen LogP contribution < -0.4 is 11.1 Å². The Labute approximate surface area is 158 Å². The van der Waals surface area contributed by atoms with Crippen molar-refractivity contribution in [3.05, 3.63) is 34.9 Å². The van der Waals surface area contributed by atoms with Crippen LogP contribution in [0.25, 0.3) is 0 Å². The molecule has 2 rings (SSSR count). The number of nitrogens with zero attached hydrogens (tertiary/aromatic N) is 1. The Hall–Kier alpha value is -1.04. The number of thiol groups is 1. The number of hydrogen-bond acceptors (Lipinski definition) is 4. The van der Waals surface area contributed by atoms with Crippen molar-refractivity contribution in [3.8, 4) is 0 Å². The monoisotopic (exact) mass is 363 g/mol. The summed E-state index contributed by atoms with van der Waals surface area (Å²) >= 11 is 4.34. The number of benzene rings is 1. The zero-order valence-corrected chi connectivity index (χ0v) is 16.7. The molecule has 0 aliphatic carbocycles. The first kappa shape index (κ1) is 20.3. The van der Waals surface area contributed by atoms with Gasteiger partial charge in [-0.15, -0.1) is 0 Å². The first-order valence-electron chi connectivity index (χ1n) is 9.47. The molecule has 0 saturated carbocycles. The van der Waals surface area contributed by atoms with Crippen molar-refractivity contribution in [3.63, 3.8) is 0 Å². The molecule has 1 aliphatic heterocycles. The molecule has 0 spiro atoms. The van der Waals surface area contributed by atoms with E-state index in [4.69, 9.17) is 5.73 Å². The summed E-state index contributed by atoms with van der Waals surface area (Å²) in [5.41, 5.74) is 9.26. The summed E-state index contributed by atoms with van der Waals surface area (Å²) in [6.45, 7) is 7.68. The van der Waals surface area contributed by atoms with Crippen molar-refractivity contribution in [1.29, 1.82) is 0 Å². The third-order valence-corrected chi connectivity index (χ3v) is 5.81. The van der Waals surface area contributed by atoms with E-state index in [2.05, 4.69) is 24.9 Å². The molecule has 4 nitrogen and oxygen atoms in total. The Morgan fingerprint density at radius 3 is 2.84 bits per heavy atom. The number of piperazine rings is 1. The number of nitrogens with two attached hydrogens (primary N) is 1. The second kappa shape index (κ2) is 9.06. The number of amides is 1. The van der Waals surface area contributed by atoms with Crippen LogP contribution in [0.5, 0.6) is 0 Å². The SMILES string of the molecule is CCCC[C@@]1(N)C(CCCS)NCCN1C(=O)c1cccc(C)c1C.